The number of hydrogen-bond donors (Lipinski definition) is 2. The summed E-state index contributed by atoms with van der Waals surface area (Å²) in [7, 11) is 1.64. The standard InChI is InChI=1S/C21H26N6O3/c1-29-15-6-7-18-14(11-15)12-17(21(28)22-18)19(26-8-2-3-9-26)20-23-24-25-27(20)13-16-5-4-10-30-16/h6-7,11-12,16,19H,2-5,8-10,13H2,1H3,(H,22,28)/p+1/t16-,19+/m1/s1. The molecule has 2 aromatic heterocycles. The van der Waals surface area contributed by atoms with Crippen LogP contribution < -0.4 is 15.2 Å². The molecule has 0 spiro atoms. The number of pyridine rings is 1. The van der Waals surface area contributed by atoms with Crippen LogP contribution in [0.1, 0.15) is 43.1 Å². The fraction of sp³-hybridized carbons (Fsp3) is 0.524. The summed E-state index contributed by atoms with van der Waals surface area (Å²) in [5, 5.41) is 13.5. The van der Waals surface area contributed by atoms with Gasteiger partial charge in [0.25, 0.3) is 5.56 Å². The van der Waals surface area contributed by atoms with Crippen LogP contribution in [0.2, 0.25) is 0 Å². The molecule has 0 radical (unpaired) electrons. The van der Waals surface area contributed by atoms with Crippen LogP contribution >= 0.6 is 0 Å². The average Bonchev–Trinajstić information content (AvgIpc) is 3.53. The topological polar surface area (TPSA) is 99.4 Å². The highest BCUT2D eigenvalue weighted by molar-refractivity contribution is 5.80. The van der Waals surface area contributed by atoms with Gasteiger partial charge >= 0.3 is 0 Å². The van der Waals surface area contributed by atoms with Crippen molar-refractivity contribution in [3.8, 4) is 5.75 Å². The molecule has 0 bridgehead atoms. The van der Waals surface area contributed by atoms with Crippen molar-refractivity contribution in [2.24, 2.45) is 0 Å². The molecule has 158 valence electrons. The van der Waals surface area contributed by atoms with E-state index in [1.54, 1.807) is 7.11 Å². The summed E-state index contributed by atoms with van der Waals surface area (Å²) in [4.78, 5) is 17.5. The zero-order chi connectivity index (χ0) is 20.5. The van der Waals surface area contributed by atoms with Crippen molar-refractivity contribution in [3.63, 3.8) is 0 Å². The molecule has 2 saturated heterocycles. The maximum Gasteiger partial charge on any atom is 0.258 e. The molecule has 0 amide bonds. The van der Waals surface area contributed by atoms with Gasteiger partial charge in [0, 0.05) is 30.4 Å². The molecule has 2 atom stereocenters. The predicted octanol–water partition coefficient (Wildman–Crippen LogP) is 0.470. The van der Waals surface area contributed by atoms with Crippen LogP contribution in [0.4, 0.5) is 0 Å². The second kappa shape index (κ2) is 8.16. The Balaban J connectivity index is 1.59. The smallest absolute Gasteiger partial charge is 0.258 e. The van der Waals surface area contributed by atoms with E-state index in [9.17, 15) is 4.79 Å². The summed E-state index contributed by atoms with van der Waals surface area (Å²) in [5.41, 5.74) is 1.39. The molecule has 2 N–H and O–H groups in total. The van der Waals surface area contributed by atoms with Gasteiger partial charge in [0.1, 0.15) is 5.75 Å². The molecule has 0 aliphatic carbocycles. The molecule has 2 fully saturated rings. The van der Waals surface area contributed by atoms with Crippen molar-refractivity contribution in [3.05, 3.63) is 46.0 Å². The average molecular weight is 411 g/mol. The monoisotopic (exact) mass is 411 g/mol. The van der Waals surface area contributed by atoms with Gasteiger partial charge in [0.05, 0.1) is 38.4 Å². The molecule has 2 aliphatic rings. The second-order valence-corrected chi connectivity index (χ2v) is 8.16. The third kappa shape index (κ3) is 3.59. The van der Waals surface area contributed by atoms with E-state index in [4.69, 9.17) is 9.47 Å². The summed E-state index contributed by atoms with van der Waals surface area (Å²) in [6, 6.07) is 7.42. The Bertz CT molecular complexity index is 1080. The lowest BCUT2D eigenvalue weighted by Crippen LogP contribution is -3.10. The molecule has 0 unspecified atom stereocenters. The van der Waals surface area contributed by atoms with Gasteiger partial charge in [-0.25, -0.2) is 4.68 Å². The van der Waals surface area contributed by atoms with Crippen LogP contribution in [0.15, 0.2) is 29.1 Å². The quantitative estimate of drug-likeness (QED) is 0.612. The Morgan fingerprint density at radius 2 is 2.17 bits per heavy atom. The molecule has 3 aromatic rings. The number of aromatic amines is 1. The Hall–Kier alpha value is -2.78. The van der Waals surface area contributed by atoms with Crippen molar-refractivity contribution in [2.75, 3.05) is 26.8 Å². The van der Waals surface area contributed by atoms with Gasteiger partial charge in [0.15, 0.2) is 6.04 Å². The molecule has 0 saturated carbocycles. The third-order valence-corrected chi connectivity index (χ3v) is 6.26. The first kappa shape index (κ1) is 19.2. The summed E-state index contributed by atoms with van der Waals surface area (Å²) in [6.07, 6.45) is 4.48. The lowest BCUT2D eigenvalue weighted by Gasteiger charge is -2.24. The van der Waals surface area contributed by atoms with Crippen LogP contribution in [0, 0.1) is 0 Å². The van der Waals surface area contributed by atoms with E-state index < -0.39 is 0 Å². The fourth-order valence-corrected chi connectivity index (χ4v) is 4.73. The molecule has 9 nitrogen and oxygen atoms in total. The molecular weight excluding hydrogens is 384 g/mol. The second-order valence-electron chi connectivity index (χ2n) is 8.16. The number of ether oxygens (including phenoxy) is 2. The van der Waals surface area contributed by atoms with E-state index >= 15 is 0 Å². The van der Waals surface area contributed by atoms with Crippen molar-refractivity contribution in [1.82, 2.24) is 25.2 Å². The lowest BCUT2D eigenvalue weighted by molar-refractivity contribution is -0.914. The van der Waals surface area contributed by atoms with Crippen LogP contribution in [-0.2, 0) is 11.3 Å². The number of tetrazole rings is 1. The van der Waals surface area contributed by atoms with Crippen molar-refractivity contribution in [1.29, 1.82) is 0 Å². The molecule has 9 heteroatoms. The molecule has 1 aromatic carbocycles. The minimum atomic E-state index is -0.219. The van der Waals surface area contributed by atoms with E-state index in [0.29, 0.717) is 12.1 Å². The number of methoxy groups -OCH3 is 1. The first-order chi connectivity index (χ1) is 14.7. The van der Waals surface area contributed by atoms with Gasteiger partial charge in [-0.3, -0.25) is 4.79 Å². The maximum atomic E-state index is 13.1. The highest BCUT2D eigenvalue weighted by Crippen LogP contribution is 2.23. The van der Waals surface area contributed by atoms with Crippen molar-refractivity contribution in [2.45, 2.75) is 44.4 Å². The zero-order valence-corrected chi connectivity index (χ0v) is 17.1. The van der Waals surface area contributed by atoms with Gasteiger partial charge in [-0.15, -0.1) is 5.10 Å². The molecule has 2 aliphatic heterocycles. The number of hydrogen-bond acceptors (Lipinski definition) is 6. The zero-order valence-electron chi connectivity index (χ0n) is 17.1. The van der Waals surface area contributed by atoms with Crippen molar-refractivity contribution < 1.29 is 14.4 Å². The molecule has 5 rings (SSSR count). The predicted molar refractivity (Wildman–Crippen MR) is 110 cm³/mol. The lowest BCUT2D eigenvalue weighted by atomic mass is 10.0. The van der Waals surface area contributed by atoms with E-state index in [0.717, 1.165) is 67.9 Å². The Kier molecular flexibility index (Phi) is 5.22. The van der Waals surface area contributed by atoms with Crippen molar-refractivity contribution >= 4 is 10.9 Å². The van der Waals surface area contributed by atoms with E-state index in [1.165, 1.54) is 4.90 Å². The minimum absolute atomic E-state index is 0.0938. The molecular formula is C21H27N6O3+. The summed E-state index contributed by atoms with van der Waals surface area (Å²) in [6.45, 7) is 3.39. The highest BCUT2D eigenvalue weighted by Gasteiger charge is 2.36. The number of quaternary nitrogens is 1. The van der Waals surface area contributed by atoms with Crippen LogP contribution in [0.25, 0.3) is 10.9 Å². The summed E-state index contributed by atoms with van der Waals surface area (Å²) in [5.74, 6) is 1.49. The first-order valence-electron chi connectivity index (χ1n) is 10.7. The van der Waals surface area contributed by atoms with E-state index in [-0.39, 0.29) is 17.7 Å². The SMILES string of the molecule is COc1ccc2[nH]c(=O)c([C@@H](c3nnnn3C[C@H]3CCCO3)[NH+]3CCCC3)cc2c1. The number of nitrogens with zero attached hydrogens (tertiary/aromatic N) is 4. The Morgan fingerprint density at radius 1 is 1.30 bits per heavy atom. The highest BCUT2D eigenvalue weighted by atomic mass is 16.5. The number of nitrogens with one attached hydrogen (secondary N) is 2. The number of likely N-dealkylation sites (tertiary alicyclic amines) is 1. The van der Waals surface area contributed by atoms with Gasteiger partial charge in [0.2, 0.25) is 5.82 Å². The minimum Gasteiger partial charge on any atom is -0.497 e. The maximum absolute atomic E-state index is 13.1. The van der Waals surface area contributed by atoms with Gasteiger partial charge in [-0.2, -0.15) is 0 Å². The normalized spacial score (nSPS) is 20.8. The largest absolute Gasteiger partial charge is 0.497 e. The van der Waals surface area contributed by atoms with Gasteiger partial charge in [-0.1, -0.05) is 0 Å². The number of benzene rings is 1. The first-order valence-corrected chi connectivity index (χ1v) is 10.7. The van der Waals surface area contributed by atoms with E-state index in [1.807, 2.05) is 28.9 Å². The van der Waals surface area contributed by atoms with E-state index in [2.05, 4.69) is 20.5 Å². The Labute approximate surface area is 174 Å². The number of H-pyrrole nitrogens is 1. The number of aromatic nitrogens is 5. The summed E-state index contributed by atoms with van der Waals surface area (Å²) < 4.78 is 13.0. The van der Waals surface area contributed by atoms with Gasteiger partial charge < -0.3 is 19.4 Å². The van der Waals surface area contributed by atoms with Crippen LogP contribution in [0.3, 0.4) is 0 Å². The van der Waals surface area contributed by atoms with Gasteiger partial charge in [-0.05, 0) is 47.5 Å². The van der Waals surface area contributed by atoms with Crippen LogP contribution in [0.5, 0.6) is 5.75 Å². The Morgan fingerprint density at radius 3 is 2.93 bits per heavy atom. The molecule has 4 heterocycles. The molecule has 30 heavy (non-hydrogen) atoms. The van der Waals surface area contributed by atoms with Crippen LogP contribution in [-0.4, -0.2) is 58.1 Å². The summed E-state index contributed by atoms with van der Waals surface area (Å²) >= 11 is 0. The number of rotatable bonds is 6. The number of fused-ring (bicyclic) bond motifs is 1. The third-order valence-electron chi connectivity index (χ3n) is 6.26. The fourth-order valence-electron chi connectivity index (χ4n) is 4.73.